The molecule has 0 bridgehead atoms. The average Bonchev–Trinajstić information content (AvgIpc) is 2.50. The zero-order chi connectivity index (χ0) is 9.42. The molecule has 0 unspecified atom stereocenters. The van der Waals surface area contributed by atoms with Crippen molar-refractivity contribution in [3.8, 4) is 6.07 Å². The van der Waals surface area contributed by atoms with Crippen LogP contribution in [0.25, 0.3) is 10.1 Å². The maximum atomic E-state index is 8.89. The number of fused-ring (bicyclic) bond motifs is 1. The molecule has 0 aliphatic carbocycles. The van der Waals surface area contributed by atoms with Crippen LogP contribution in [-0.4, -0.2) is 0 Å². The lowest BCUT2D eigenvalue weighted by molar-refractivity contribution is 1.51. The van der Waals surface area contributed by atoms with E-state index in [0.717, 1.165) is 10.3 Å². The van der Waals surface area contributed by atoms with E-state index in [0.29, 0.717) is 0 Å². The van der Waals surface area contributed by atoms with Gasteiger partial charge in [0.2, 0.25) is 0 Å². The van der Waals surface area contributed by atoms with E-state index >= 15 is 0 Å². The molecule has 2 aromatic rings. The number of rotatable bonds is 0. The molecule has 0 atom stereocenters. The highest BCUT2D eigenvalue weighted by atomic mass is 127. The average molecular weight is 411 g/mol. The first-order valence-corrected chi connectivity index (χ1v) is 6.53. The first-order chi connectivity index (χ1) is 6.24. The highest BCUT2D eigenvalue weighted by Gasteiger charge is 2.08. The number of thiophene rings is 1. The van der Waals surface area contributed by atoms with Gasteiger partial charge in [0.25, 0.3) is 0 Å². The second kappa shape index (κ2) is 3.71. The van der Waals surface area contributed by atoms with Gasteiger partial charge in [0, 0.05) is 17.9 Å². The Balaban J connectivity index is 2.97. The number of hydrogen-bond acceptors (Lipinski definition) is 2. The molecule has 0 N–H and O–H groups in total. The lowest BCUT2D eigenvalue weighted by Gasteiger charge is -1.96. The SMILES string of the molecule is N#Cc1ccc(I)c2c(I)csc12. The van der Waals surface area contributed by atoms with Crippen LogP contribution >= 0.6 is 56.5 Å². The van der Waals surface area contributed by atoms with E-state index in [4.69, 9.17) is 5.26 Å². The molecule has 0 saturated carbocycles. The van der Waals surface area contributed by atoms with Crippen LogP contribution in [0.1, 0.15) is 5.56 Å². The molecule has 64 valence electrons. The smallest absolute Gasteiger partial charge is 0.101 e. The Labute approximate surface area is 107 Å². The fraction of sp³-hybridized carbons (Fsp3) is 0. The van der Waals surface area contributed by atoms with Crippen molar-refractivity contribution in [2.24, 2.45) is 0 Å². The first kappa shape index (κ1) is 9.68. The minimum atomic E-state index is 0.781. The monoisotopic (exact) mass is 411 g/mol. The van der Waals surface area contributed by atoms with Crippen molar-refractivity contribution >= 4 is 66.6 Å². The molecule has 1 heterocycles. The van der Waals surface area contributed by atoms with E-state index in [9.17, 15) is 0 Å². The number of hydrogen-bond donors (Lipinski definition) is 0. The third-order valence-electron chi connectivity index (χ3n) is 1.75. The summed E-state index contributed by atoms with van der Waals surface area (Å²) in [4.78, 5) is 0. The molecule has 0 fully saturated rings. The van der Waals surface area contributed by atoms with Crippen molar-refractivity contribution in [1.82, 2.24) is 0 Å². The molecule has 0 saturated heterocycles. The standard InChI is InChI=1S/C9H3I2NS/c10-6-2-1-5(3-12)9-8(6)7(11)4-13-9/h1-2,4H. The van der Waals surface area contributed by atoms with Gasteiger partial charge in [-0.25, -0.2) is 0 Å². The van der Waals surface area contributed by atoms with Crippen LogP contribution < -0.4 is 0 Å². The van der Waals surface area contributed by atoms with E-state index in [1.54, 1.807) is 11.3 Å². The Morgan fingerprint density at radius 2 is 2.00 bits per heavy atom. The van der Waals surface area contributed by atoms with Gasteiger partial charge in [0.15, 0.2) is 0 Å². The van der Waals surface area contributed by atoms with Gasteiger partial charge in [0.05, 0.1) is 10.3 Å². The number of benzene rings is 1. The third kappa shape index (κ3) is 1.57. The molecule has 1 nitrogen and oxygen atoms in total. The van der Waals surface area contributed by atoms with Crippen LogP contribution in [-0.2, 0) is 0 Å². The van der Waals surface area contributed by atoms with Gasteiger partial charge < -0.3 is 0 Å². The van der Waals surface area contributed by atoms with Crippen LogP contribution in [0.2, 0.25) is 0 Å². The van der Waals surface area contributed by atoms with Crippen molar-refractivity contribution in [3.05, 3.63) is 30.2 Å². The van der Waals surface area contributed by atoms with Crippen molar-refractivity contribution in [2.45, 2.75) is 0 Å². The van der Waals surface area contributed by atoms with Crippen LogP contribution in [0.4, 0.5) is 0 Å². The minimum absolute atomic E-state index is 0.781. The van der Waals surface area contributed by atoms with Gasteiger partial charge in [-0.3, -0.25) is 0 Å². The predicted molar refractivity (Wildman–Crippen MR) is 72.0 cm³/mol. The van der Waals surface area contributed by atoms with E-state index in [1.807, 2.05) is 12.1 Å². The van der Waals surface area contributed by atoms with Crippen molar-refractivity contribution < 1.29 is 0 Å². The molecule has 4 heteroatoms. The summed E-state index contributed by atoms with van der Waals surface area (Å²) < 4.78 is 3.56. The molecular weight excluding hydrogens is 408 g/mol. The second-order valence-corrected chi connectivity index (χ2v) is 5.70. The summed E-state index contributed by atoms with van der Waals surface area (Å²) in [7, 11) is 0. The largest absolute Gasteiger partial charge is 0.192 e. The molecule has 13 heavy (non-hydrogen) atoms. The highest BCUT2D eigenvalue weighted by Crippen LogP contribution is 2.33. The van der Waals surface area contributed by atoms with E-state index in [-0.39, 0.29) is 0 Å². The number of halogens is 2. The Bertz CT molecular complexity index is 510. The van der Waals surface area contributed by atoms with E-state index in [1.165, 1.54) is 12.5 Å². The summed E-state index contributed by atoms with van der Waals surface area (Å²) in [6, 6.07) is 6.10. The van der Waals surface area contributed by atoms with Gasteiger partial charge in [-0.1, -0.05) is 0 Å². The van der Waals surface area contributed by atoms with Gasteiger partial charge in [-0.05, 0) is 57.3 Å². The molecular formula is C9H3I2NS. The van der Waals surface area contributed by atoms with Crippen LogP contribution in [0.15, 0.2) is 17.5 Å². The third-order valence-corrected chi connectivity index (χ3v) is 4.93. The van der Waals surface area contributed by atoms with Crippen molar-refractivity contribution in [3.63, 3.8) is 0 Å². The molecule has 2 rings (SSSR count). The topological polar surface area (TPSA) is 23.8 Å². The maximum Gasteiger partial charge on any atom is 0.101 e. The van der Waals surface area contributed by atoms with Gasteiger partial charge >= 0.3 is 0 Å². The van der Waals surface area contributed by atoms with Crippen LogP contribution in [0.3, 0.4) is 0 Å². The molecule has 0 aliphatic rings. The fourth-order valence-electron chi connectivity index (χ4n) is 1.16. The van der Waals surface area contributed by atoms with Gasteiger partial charge in [-0.2, -0.15) is 5.26 Å². The van der Waals surface area contributed by atoms with E-state index < -0.39 is 0 Å². The lowest BCUT2D eigenvalue weighted by atomic mass is 10.2. The molecule has 1 aromatic heterocycles. The van der Waals surface area contributed by atoms with Gasteiger partial charge in [0.1, 0.15) is 6.07 Å². The molecule has 0 radical (unpaired) electrons. The summed E-state index contributed by atoms with van der Waals surface area (Å²) in [5.41, 5.74) is 0.781. The Morgan fingerprint density at radius 3 is 2.69 bits per heavy atom. The lowest BCUT2D eigenvalue weighted by Crippen LogP contribution is -1.79. The van der Waals surface area contributed by atoms with Crippen LogP contribution in [0.5, 0.6) is 0 Å². The zero-order valence-corrected chi connectivity index (χ0v) is 11.5. The summed E-state index contributed by atoms with van der Waals surface area (Å²) in [5.74, 6) is 0. The van der Waals surface area contributed by atoms with Gasteiger partial charge in [-0.15, -0.1) is 11.3 Å². The summed E-state index contributed by atoms with van der Waals surface area (Å²) in [6.07, 6.45) is 0. The predicted octanol–water partition coefficient (Wildman–Crippen LogP) is 3.98. The maximum absolute atomic E-state index is 8.89. The van der Waals surface area contributed by atoms with E-state index in [2.05, 4.69) is 56.6 Å². The summed E-state index contributed by atoms with van der Waals surface area (Å²) in [5, 5.41) is 12.2. The Hall–Kier alpha value is 0.130. The molecule has 0 spiro atoms. The first-order valence-electron chi connectivity index (χ1n) is 3.49. The Kier molecular flexibility index (Phi) is 2.76. The van der Waals surface area contributed by atoms with Crippen molar-refractivity contribution in [2.75, 3.05) is 0 Å². The summed E-state index contributed by atoms with van der Waals surface area (Å²) >= 11 is 6.26. The fourth-order valence-corrected chi connectivity index (χ4v) is 4.64. The molecule has 0 aliphatic heterocycles. The Morgan fingerprint density at radius 1 is 1.23 bits per heavy atom. The second-order valence-electron chi connectivity index (χ2n) is 2.49. The van der Waals surface area contributed by atoms with Crippen LogP contribution in [0, 0.1) is 18.5 Å². The zero-order valence-electron chi connectivity index (χ0n) is 6.34. The number of nitriles is 1. The minimum Gasteiger partial charge on any atom is -0.192 e. The summed E-state index contributed by atoms with van der Waals surface area (Å²) in [6.45, 7) is 0. The highest BCUT2D eigenvalue weighted by molar-refractivity contribution is 14.1. The quantitative estimate of drug-likeness (QED) is 0.602. The molecule has 0 amide bonds. The normalized spacial score (nSPS) is 10.2. The van der Waals surface area contributed by atoms with Crippen molar-refractivity contribution in [1.29, 1.82) is 5.26 Å². The molecule has 1 aromatic carbocycles. The number of nitrogens with zero attached hydrogens (tertiary/aromatic N) is 1.